The summed E-state index contributed by atoms with van der Waals surface area (Å²) in [7, 11) is 1.63. The molecule has 1 aromatic heterocycles. The number of aliphatic carboxylic acids is 1. The smallest absolute Gasteiger partial charge is 0.344 e. The molecule has 0 aliphatic heterocycles. The zero-order valence-electron chi connectivity index (χ0n) is 14.0. The van der Waals surface area contributed by atoms with Gasteiger partial charge in [-0.25, -0.2) is 9.48 Å². The lowest BCUT2D eigenvalue weighted by Gasteiger charge is -2.15. The number of carbonyl (C=O) groups is 2. The van der Waals surface area contributed by atoms with Crippen LogP contribution in [0.4, 0.5) is 0 Å². The molecular formula is C16H16Cl2N2O5. The number of carboxylic acid groups (broad SMARTS) is 1. The average Bonchev–Trinajstić information content (AvgIpc) is 2.77. The fraction of sp³-hybridized carbons (Fsp3) is 0.312. The van der Waals surface area contributed by atoms with Crippen molar-refractivity contribution in [2.45, 2.75) is 26.9 Å². The molecule has 0 aliphatic carbocycles. The van der Waals surface area contributed by atoms with Gasteiger partial charge in [-0.2, -0.15) is 5.10 Å². The minimum atomic E-state index is -1.14. The van der Waals surface area contributed by atoms with E-state index in [0.29, 0.717) is 11.3 Å². The Bertz CT molecular complexity index is 848. The van der Waals surface area contributed by atoms with Gasteiger partial charge in [0.1, 0.15) is 11.3 Å². The van der Waals surface area contributed by atoms with Crippen molar-refractivity contribution in [3.05, 3.63) is 33.4 Å². The number of aromatic nitrogens is 2. The highest BCUT2D eigenvalue weighted by molar-refractivity contribution is 6.36. The molecule has 1 atom stereocenters. The van der Waals surface area contributed by atoms with Crippen LogP contribution in [0.5, 0.6) is 17.4 Å². The van der Waals surface area contributed by atoms with Crippen molar-refractivity contribution >= 4 is 35.0 Å². The van der Waals surface area contributed by atoms with Gasteiger partial charge < -0.3 is 14.6 Å². The van der Waals surface area contributed by atoms with Gasteiger partial charge in [0.25, 0.3) is 0 Å². The van der Waals surface area contributed by atoms with Crippen molar-refractivity contribution in [2.75, 3.05) is 0 Å². The quantitative estimate of drug-likeness (QED) is 0.757. The Balaban J connectivity index is 2.44. The van der Waals surface area contributed by atoms with E-state index in [2.05, 4.69) is 5.10 Å². The molecule has 1 aromatic carbocycles. The van der Waals surface area contributed by atoms with E-state index in [4.69, 9.17) is 37.8 Å². The van der Waals surface area contributed by atoms with Crippen molar-refractivity contribution in [3.63, 3.8) is 0 Å². The molecule has 0 spiro atoms. The average molecular weight is 387 g/mol. The summed E-state index contributed by atoms with van der Waals surface area (Å²) in [6, 6.07) is 2.75. The van der Waals surface area contributed by atoms with Gasteiger partial charge in [-0.3, -0.25) is 4.79 Å². The summed E-state index contributed by atoms with van der Waals surface area (Å²) in [5.74, 6) is -0.883. The lowest BCUT2D eigenvalue weighted by atomic mass is 10.2. The van der Waals surface area contributed by atoms with E-state index >= 15 is 0 Å². The summed E-state index contributed by atoms with van der Waals surface area (Å²) in [6.45, 7) is 4.46. The molecule has 0 bridgehead atoms. The van der Waals surface area contributed by atoms with Crippen LogP contribution in [-0.4, -0.2) is 32.7 Å². The molecule has 0 aliphatic rings. The van der Waals surface area contributed by atoms with Crippen molar-refractivity contribution in [2.24, 2.45) is 7.05 Å². The molecule has 25 heavy (non-hydrogen) atoms. The highest BCUT2D eigenvalue weighted by Gasteiger charge is 2.22. The zero-order chi connectivity index (χ0) is 18.9. The molecule has 0 fully saturated rings. The molecular weight excluding hydrogens is 371 g/mol. The summed E-state index contributed by atoms with van der Waals surface area (Å²) in [5, 5.41) is 13.4. The summed E-state index contributed by atoms with van der Waals surface area (Å²) in [6.07, 6.45) is -1.11. The van der Waals surface area contributed by atoms with Gasteiger partial charge in [0.15, 0.2) is 17.6 Å². The van der Waals surface area contributed by atoms with Gasteiger partial charge in [0, 0.05) is 13.1 Å². The second-order valence-corrected chi connectivity index (χ2v) is 6.17. The summed E-state index contributed by atoms with van der Waals surface area (Å²) >= 11 is 12.2. The molecule has 9 heteroatoms. The highest BCUT2D eigenvalue weighted by atomic mass is 35.5. The minimum Gasteiger partial charge on any atom is -0.479 e. The maximum absolute atomic E-state index is 11.8. The molecule has 0 amide bonds. The lowest BCUT2D eigenvalue weighted by molar-refractivity contribution is -0.144. The topological polar surface area (TPSA) is 90.7 Å². The zero-order valence-corrected chi connectivity index (χ0v) is 15.5. The highest BCUT2D eigenvalue weighted by Crippen LogP contribution is 2.39. The first-order chi connectivity index (χ1) is 11.6. The Morgan fingerprint density at radius 2 is 1.84 bits per heavy atom. The number of benzene rings is 1. The maximum atomic E-state index is 11.8. The van der Waals surface area contributed by atoms with E-state index in [1.807, 2.05) is 0 Å². The van der Waals surface area contributed by atoms with Crippen molar-refractivity contribution in [1.29, 1.82) is 0 Å². The fourth-order valence-electron chi connectivity index (χ4n) is 2.18. The van der Waals surface area contributed by atoms with Crippen LogP contribution in [0.3, 0.4) is 0 Å². The maximum Gasteiger partial charge on any atom is 0.344 e. The number of ether oxygens (including phenoxy) is 2. The summed E-state index contributed by atoms with van der Waals surface area (Å²) in [5.41, 5.74) is 0.848. The van der Waals surface area contributed by atoms with E-state index in [1.54, 1.807) is 14.0 Å². The summed E-state index contributed by atoms with van der Waals surface area (Å²) < 4.78 is 12.5. The predicted molar refractivity (Wildman–Crippen MR) is 92.2 cm³/mol. The van der Waals surface area contributed by atoms with Crippen LogP contribution >= 0.6 is 23.2 Å². The van der Waals surface area contributed by atoms with Crippen LogP contribution in [-0.2, 0) is 11.8 Å². The monoisotopic (exact) mass is 386 g/mol. The number of hydrogen-bond donors (Lipinski definition) is 1. The van der Waals surface area contributed by atoms with Crippen molar-refractivity contribution < 1.29 is 24.2 Å². The van der Waals surface area contributed by atoms with Gasteiger partial charge >= 0.3 is 5.97 Å². The first-order valence-corrected chi connectivity index (χ1v) is 7.98. The number of nitrogens with zero attached hydrogens (tertiary/aromatic N) is 2. The lowest BCUT2D eigenvalue weighted by Crippen LogP contribution is -2.23. The van der Waals surface area contributed by atoms with Gasteiger partial charge in [-0.05, 0) is 26.8 Å². The van der Waals surface area contributed by atoms with Gasteiger partial charge in [0.2, 0.25) is 5.88 Å². The molecule has 0 saturated heterocycles. The summed E-state index contributed by atoms with van der Waals surface area (Å²) in [4.78, 5) is 22.8. The fourth-order valence-corrected chi connectivity index (χ4v) is 2.65. The van der Waals surface area contributed by atoms with Crippen LogP contribution in [0.1, 0.15) is 29.9 Å². The molecule has 0 saturated carbocycles. The SMILES string of the molecule is CC(=O)c1c(C)nn(C)c1Oc1cc(O[C@@H](C)C(=O)O)c(Cl)cc1Cl. The third-order valence-corrected chi connectivity index (χ3v) is 3.96. The number of carbonyl (C=O) groups excluding carboxylic acids is 1. The van der Waals surface area contributed by atoms with Crippen molar-refractivity contribution in [1.82, 2.24) is 9.78 Å². The molecule has 2 rings (SSSR count). The van der Waals surface area contributed by atoms with Crippen molar-refractivity contribution in [3.8, 4) is 17.4 Å². The largest absolute Gasteiger partial charge is 0.479 e. The number of aryl methyl sites for hydroxylation is 2. The molecule has 0 radical (unpaired) electrons. The van der Waals surface area contributed by atoms with Gasteiger partial charge in [-0.15, -0.1) is 0 Å². The minimum absolute atomic E-state index is 0.0965. The number of Topliss-reactive ketones (excluding diaryl/α,β-unsaturated/α-hetero) is 1. The Hall–Kier alpha value is -2.25. The molecule has 7 nitrogen and oxygen atoms in total. The molecule has 0 unspecified atom stereocenters. The second kappa shape index (κ2) is 7.33. The molecule has 134 valence electrons. The number of rotatable bonds is 6. The van der Waals surface area contributed by atoms with E-state index in [0.717, 1.165) is 0 Å². The van der Waals surface area contributed by atoms with Crippen LogP contribution < -0.4 is 9.47 Å². The normalized spacial score (nSPS) is 11.9. The first-order valence-electron chi connectivity index (χ1n) is 7.22. The molecule has 2 aromatic rings. The van der Waals surface area contributed by atoms with E-state index in [1.165, 1.54) is 30.7 Å². The van der Waals surface area contributed by atoms with Gasteiger partial charge in [0.05, 0.1) is 15.7 Å². The number of hydrogen-bond acceptors (Lipinski definition) is 5. The van der Waals surface area contributed by atoms with E-state index in [-0.39, 0.29) is 33.2 Å². The molecule has 1 N–H and O–H groups in total. The van der Waals surface area contributed by atoms with Crippen LogP contribution in [0.15, 0.2) is 12.1 Å². The van der Waals surface area contributed by atoms with Gasteiger partial charge in [-0.1, -0.05) is 23.2 Å². The number of halogens is 2. The molecule has 1 heterocycles. The van der Waals surface area contributed by atoms with E-state index < -0.39 is 12.1 Å². The van der Waals surface area contributed by atoms with Crippen LogP contribution in [0.2, 0.25) is 10.0 Å². The first kappa shape index (κ1) is 19.1. The Morgan fingerprint density at radius 3 is 2.40 bits per heavy atom. The predicted octanol–water partition coefficient (Wildman–Crippen LogP) is 3.88. The Kier molecular flexibility index (Phi) is 5.59. The Morgan fingerprint density at radius 1 is 1.24 bits per heavy atom. The Labute approximate surface area is 154 Å². The number of ketones is 1. The standard InChI is InChI=1S/C16H16Cl2N2O5/c1-7-14(8(2)21)15(20(4)19-7)25-13-6-12(10(17)5-11(13)18)24-9(3)16(22)23/h5-6,9H,1-4H3,(H,22,23)/t9-/m0/s1. The second-order valence-electron chi connectivity index (χ2n) is 5.36. The van der Waals surface area contributed by atoms with E-state index in [9.17, 15) is 9.59 Å². The third kappa shape index (κ3) is 4.05. The number of carboxylic acids is 1. The van der Waals surface area contributed by atoms with Crippen LogP contribution in [0, 0.1) is 6.92 Å². The third-order valence-electron chi connectivity index (χ3n) is 3.37. The van der Waals surface area contributed by atoms with Crippen LogP contribution in [0.25, 0.3) is 0 Å².